The van der Waals surface area contributed by atoms with Crippen LogP contribution in [0.25, 0.3) is 12.2 Å². The molecule has 16 heteroatoms. The van der Waals surface area contributed by atoms with Gasteiger partial charge in [-0.2, -0.15) is 0 Å². The summed E-state index contributed by atoms with van der Waals surface area (Å²) in [7, 11) is 2.91. The van der Waals surface area contributed by atoms with Gasteiger partial charge in [0.1, 0.15) is 35.2 Å². The molecule has 2 N–H and O–H groups in total. The highest BCUT2D eigenvalue weighted by molar-refractivity contribution is 6.05. The number of amides is 2. The Morgan fingerprint density at radius 2 is 0.871 bits per heavy atom. The summed E-state index contributed by atoms with van der Waals surface area (Å²) in [5, 5.41) is 5.61. The fraction of sp³-hybridized carbons (Fsp3) is 0.148. The van der Waals surface area contributed by atoms with Crippen molar-refractivity contribution in [3.63, 3.8) is 0 Å². The van der Waals surface area contributed by atoms with Gasteiger partial charge < -0.3 is 48.5 Å². The van der Waals surface area contributed by atoms with Crippen molar-refractivity contribution in [2.75, 3.05) is 38.1 Å². The van der Waals surface area contributed by atoms with Crippen molar-refractivity contribution in [1.82, 2.24) is 0 Å². The van der Waals surface area contributed by atoms with Crippen molar-refractivity contribution in [3.8, 4) is 23.0 Å². The van der Waals surface area contributed by atoms with Crippen molar-refractivity contribution in [2.24, 2.45) is 0 Å². The van der Waals surface area contributed by atoms with E-state index in [4.69, 9.17) is 37.9 Å². The standard InChI is InChI=1S/C54H44N2O14/c1-63-43-29-39(55-51(59)35-15-23-41(24-16-35)67-53(61)37-9-5-3-6-10-37)21-13-33(43)19-27-47(57)69-45-31-65-50-46(32-66-49(45)50)70-48(58)28-20-34-14-22-40(30-44(34)64-2)56-52(60)36-17-25-42(26-18-36)68-54(62)38-11-7-4-8-12-38/h3-30,45-46,49-50H,31-32H2,1-2H3,(H,55,59)(H,56,60)/b27-19+,28-20+/t45-,46+,49-,50-/m1/s1. The number of rotatable bonds is 16. The Bertz CT molecular complexity index is 2740. The summed E-state index contributed by atoms with van der Waals surface area (Å²) < 4.78 is 44.8. The highest BCUT2D eigenvalue weighted by Gasteiger charge is 2.51. The number of esters is 4. The minimum Gasteiger partial charge on any atom is -0.496 e. The van der Waals surface area contributed by atoms with E-state index < -0.39 is 60.1 Å². The molecule has 2 saturated heterocycles. The monoisotopic (exact) mass is 944 g/mol. The van der Waals surface area contributed by atoms with E-state index in [0.29, 0.717) is 56.3 Å². The molecule has 0 spiro atoms. The molecule has 2 heterocycles. The van der Waals surface area contributed by atoms with Crippen LogP contribution in [0.4, 0.5) is 11.4 Å². The van der Waals surface area contributed by atoms with Crippen molar-refractivity contribution in [1.29, 1.82) is 0 Å². The number of methoxy groups -OCH3 is 2. The summed E-state index contributed by atoms with van der Waals surface area (Å²) in [4.78, 5) is 76.6. The van der Waals surface area contributed by atoms with E-state index in [1.54, 1.807) is 97.1 Å². The first-order chi connectivity index (χ1) is 34.0. The molecule has 354 valence electrons. The molecule has 4 atom stereocenters. The molecule has 6 aromatic rings. The average Bonchev–Trinajstić information content (AvgIpc) is 3.98. The minimum atomic E-state index is -0.766. The second-order valence-electron chi connectivity index (χ2n) is 15.6. The van der Waals surface area contributed by atoms with Crippen LogP contribution in [0, 0.1) is 0 Å². The number of hydrogen-bond acceptors (Lipinski definition) is 14. The summed E-state index contributed by atoms with van der Waals surface area (Å²) in [5.41, 5.74) is 3.39. The van der Waals surface area contributed by atoms with Crippen LogP contribution in [0.1, 0.15) is 52.6 Å². The first kappa shape index (κ1) is 47.6. The van der Waals surface area contributed by atoms with Crippen molar-refractivity contribution >= 4 is 59.2 Å². The van der Waals surface area contributed by atoms with Crippen LogP contribution >= 0.6 is 0 Å². The second kappa shape index (κ2) is 22.3. The summed E-state index contributed by atoms with van der Waals surface area (Å²) >= 11 is 0. The molecule has 6 aromatic carbocycles. The molecule has 0 saturated carbocycles. The first-order valence-electron chi connectivity index (χ1n) is 21.8. The van der Waals surface area contributed by atoms with Crippen LogP contribution in [-0.4, -0.2) is 87.5 Å². The fourth-order valence-electron chi connectivity index (χ4n) is 7.41. The fourth-order valence-corrected chi connectivity index (χ4v) is 7.41. The third kappa shape index (κ3) is 12.0. The lowest BCUT2D eigenvalue weighted by Gasteiger charge is -2.16. The highest BCUT2D eigenvalue weighted by atomic mass is 16.7. The van der Waals surface area contributed by atoms with E-state index in [2.05, 4.69) is 10.6 Å². The molecule has 70 heavy (non-hydrogen) atoms. The molecule has 0 radical (unpaired) electrons. The van der Waals surface area contributed by atoms with E-state index in [-0.39, 0.29) is 24.7 Å². The molecule has 0 aliphatic carbocycles. The zero-order valence-electron chi connectivity index (χ0n) is 37.6. The molecule has 8 rings (SSSR count). The predicted molar refractivity (Wildman–Crippen MR) is 255 cm³/mol. The first-order valence-corrected chi connectivity index (χ1v) is 21.8. The molecule has 2 aliphatic heterocycles. The van der Waals surface area contributed by atoms with Gasteiger partial charge in [0.15, 0.2) is 12.2 Å². The van der Waals surface area contributed by atoms with Crippen molar-refractivity contribution in [3.05, 3.63) is 191 Å². The Balaban J connectivity index is 0.782. The summed E-state index contributed by atoms with van der Waals surface area (Å²) in [6.45, 7) is 0.0430. The molecule has 2 aliphatic rings. The van der Waals surface area contributed by atoms with Crippen molar-refractivity contribution in [2.45, 2.75) is 24.4 Å². The molecule has 0 bridgehead atoms. The van der Waals surface area contributed by atoms with Gasteiger partial charge >= 0.3 is 23.9 Å². The normalized spacial score (nSPS) is 17.0. The number of benzene rings is 6. The highest BCUT2D eigenvalue weighted by Crippen LogP contribution is 2.32. The Hall–Kier alpha value is -8.86. The average molecular weight is 945 g/mol. The van der Waals surface area contributed by atoms with Gasteiger partial charge in [-0.05, 0) is 109 Å². The van der Waals surface area contributed by atoms with Crippen LogP contribution in [0.5, 0.6) is 23.0 Å². The molecule has 2 fully saturated rings. The molecule has 2 amide bonds. The summed E-state index contributed by atoms with van der Waals surface area (Å²) in [5.74, 6) is -1.86. The topological polar surface area (TPSA) is 200 Å². The minimum absolute atomic E-state index is 0.0215. The van der Waals surface area contributed by atoms with E-state index in [0.717, 1.165) is 0 Å². The summed E-state index contributed by atoms with van der Waals surface area (Å²) in [6, 6.07) is 39.2. The third-order valence-corrected chi connectivity index (χ3v) is 11.0. The number of ether oxygens (including phenoxy) is 8. The van der Waals surface area contributed by atoms with Crippen LogP contribution in [0.3, 0.4) is 0 Å². The van der Waals surface area contributed by atoms with E-state index >= 15 is 0 Å². The summed E-state index contributed by atoms with van der Waals surface area (Å²) in [6.07, 6.45) is 2.61. The molecular formula is C54H44N2O14. The Morgan fingerprint density at radius 3 is 1.24 bits per heavy atom. The Kier molecular flexibility index (Phi) is 15.2. The Labute approximate surface area is 401 Å². The molecule has 0 unspecified atom stereocenters. The van der Waals surface area contributed by atoms with Crippen LogP contribution in [-0.2, 0) is 28.5 Å². The van der Waals surface area contributed by atoms with Gasteiger partial charge in [0.05, 0.1) is 38.6 Å². The zero-order chi connectivity index (χ0) is 49.0. The number of hydrogen-bond donors (Lipinski definition) is 2. The number of fused-ring (bicyclic) bond motifs is 1. The lowest BCUT2D eigenvalue weighted by molar-refractivity contribution is -0.149. The molecular weight excluding hydrogens is 901 g/mol. The molecule has 0 aromatic heterocycles. The third-order valence-electron chi connectivity index (χ3n) is 11.0. The smallest absolute Gasteiger partial charge is 0.343 e. The van der Waals surface area contributed by atoms with Crippen LogP contribution in [0.2, 0.25) is 0 Å². The van der Waals surface area contributed by atoms with E-state index in [1.165, 1.54) is 87.1 Å². The maximum Gasteiger partial charge on any atom is 0.343 e. The van der Waals surface area contributed by atoms with Crippen LogP contribution in [0.15, 0.2) is 158 Å². The number of carbonyl (C=O) groups is 6. The number of carbonyl (C=O) groups excluding carboxylic acids is 6. The van der Waals surface area contributed by atoms with E-state index in [9.17, 15) is 28.8 Å². The largest absolute Gasteiger partial charge is 0.496 e. The SMILES string of the molecule is COc1cc(NC(=O)c2ccc(OC(=O)c3ccccc3)cc2)ccc1/C=C/C(=O)O[C@H]1CO[C@H]2[C@@H]1OC[C@H]2OC(=O)/C=C/c1ccc(NC(=O)c2ccc(OC(=O)c3ccccc3)cc2)cc1OC. The van der Waals surface area contributed by atoms with Gasteiger partial charge in [-0.3, -0.25) is 9.59 Å². The van der Waals surface area contributed by atoms with Gasteiger partial charge in [0.2, 0.25) is 0 Å². The molecule has 16 nitrogen and oxygen atoms in total. The quantitative estimate of drug-likeness (QED) is 0.0537. The van der Waals surface area contributed by atoms with Gasteiger partial charge in [0.25, 0.3) is 11.8 Å². The van der Waals surface area contributed by atoms with Gasteiger partial charge in [-0.1, -0.05) is 36.4 Å². The van der Waals surface area contributed by atoms with Gasteiger partial charge in [-0.25, -0.2) is 19.2 Å². The van der Waals surface area contributed by atoms with Gasteiger partial charge in [-0.15, -0.1) is 0 Å². The zero-order valence-corrected chi connectivity index (χ0v) is 37.6. The van der Waals surface area contributed by atoms with E-state index in [1.807, 2.05) is 0 Å². The maximum absolute atomic E-state index is 13.0. The van der Waals surface area contributed by atoms with Crippen LogP contribution < -0.4 is 29.6 Å². The van der Waals surface area contributed by atoms with Crippen molar-refractivity contribution < 1.29 is 66.7 Å². The lowest BCUT2D eigenvalue weighted by Crippen LogP contribution is -2.35. The maximum atomic E-state index is 13.0. The van der Waals surface area contributed by atoms with Gasteiger partial charge in [0, 0.05) is 57.9 Å². The second-order valence-corrected chi connectivity index (χ2v) is 15.6. The lowest BCUT2D eigenvalue weighted by atomic mass is 10.1. The number of anilines is 2. The number of nitrogens with one attached hydrogen (secondary N) is 2. The Morgan fingerprint density at radius 1 is 0.486 bits per heavy atom. The predicted octanol–water partition coefficient (Wildman–Crippen LogP) is 7.99.